The molecule has 6 nitrogen and oxygen atoms in total. The molecule has 3 rings (SSSR count). The van der Waals surface area contributed by atoms with E-state index >= 15 is 0 Å². The van der Waals surface area contributed by atoms with Crippen LogP contribution in [0.4, 0.5) is 11.4 Å². The van der Waals surface area contributed by atoms with Crippen molar-refractivity contribution in [2.45, 2.75) is 17.9 Å². The molecule has 0 aliphatic carbocycles. The smallest absolute Gasteiger partial charge is 0.338 e. The molecule has 140 valence electrons. The molecule has 9 heteroatoms. The van der Waals surface area contributed by atoms with E-state index in [2.05, 4.69) is 10.6 Å². The molecule has 0 radical (unpaired) electrons. The van der Waals surface area contributed by atoms with Crippen LogP contribution in [0.15, 0.2) is 41.3 Å². The molecule has 2 aromatic carbocycles. The van der Waals surface area contributed by atoms with Gasteiger partial charge in [-0.3, -0.25) is 9.59 Å². The second kappa shape index (κ2) is 8.21. The van der Waals surface area contributed by atoms with Gasteiger partial charge in [-0.15, -0.1) is 11.8 Å². The molecule has 1 unspecified atom stereocenters. The van der Waals surface area contributed by atoms with Gasteiger partial charge in [0.05, 0.1) is 32.7 Å². The SMILES string of the molecule is CC(OC(=O)c1ccc2c(c1)NC(=O)CS2)C(=O)Nc1cccc(Cl)c1Cl. The lowest BCUT2D eigenvalue weighted by Gasteiger charge is -2.18. The van der Waals surface area contributed by atoms with Gasteiger partial charge in [-0.2, -0.15) is 0 Å². The van der Waals surface area contributed by atoms with Crippen molar-refractivity contribution < 1.29 is 19.1 Å². The monoisotopic (exact) mass is 424 g/mol. The Bertz CT molecular complexity index is 936. The number of thioether (sulfide) groups is 1. The average Bonchev–Trinajstić information content (AvgIpc) is 2.64. The molecule has 2 amide bonds. The molecule has 0 aromatic heterocycles. The fraction of sp³-hybridized carbons (Fsp3) is 0.167. The first-order chi connectivity index (χ1) is 12.8. The standard InChI is InChI=1S/C18H14Cl2N2O4S/c1-9(17(24)22-12-4-2-3-11(19)16(12)20)26-18(25)10-5-6-14-13(7-10)21-15(23)8-27-14/h2-7,9H,8H2,1H3,(H,21,23)(H,22,24). The first kappa shape index (κ1) is 19.5. The third-order valence-corrected chi connectivity index (χ3v) is 5.60. The summed E-state index contributed by atoms with van der Waals surface area (Å²) in [5.74, 6) is -1.03. The molecule has 0 saturated carbocycles. The number of rotatable bonds is 4. The summed E-state index contributed by atoms with van der Waals surface area (Å²) in [5, 5.41) is 5.77. The van der Waals surface area contributed by atoms with Gasteiger partial charge in [-0.25, -0.2) is 4.79 Å². The highest BCUT2D eigenvalue weighted by molar-refractivity contribution is 8.00. The lowest BCUT2D eigenvalue weighted by Crippen LogP contribution is -2.30. The minimum absolute atomic E-state index is 0.135. The Hall–Kier alpha value is -2.22. The third-order valence-electron chi connectivity index (χ3n) is 3.71. The predicted octanol–water partition coefficient (Wildman–Crippen LogP) is 4.22. The van der Waals surface area contributed by atoms with Crippen LogP contribution in [0.3, 0.4) is 0 Å². The molecule has 0 fully saturated rings. The van der Waals surface area contributed by atoms with Gasteiger partial charge in [-0.1, -0.05) is 29.3 Å². The Morgan fingerprint density at radius 3 is 2.81 bits per heavy atom. The van der Waals surface area contributed by atoms with Gasteiger partial charge < -0.3 is 15.4 Å². The Morgan fingerprint density at radius 2 is 2.04 bits per heavy atom. The molecule has 0 spiro atoms. The largest absolute Gasteiger partial charge is 0.449 e. The highest BCUT2D eigenvalue weighted by atomic mass is 35.5. The number of hydrogen-bond donors (Lipinski definition) is 2. The molecular formula is C18H14Cl2N2O4S. The zero-order valence-corrected chi connectivity index (χ0v) is 16.4. The van der Waals surface area contributed by atoms with E-state index in [4.69, 9.17) is 27.9 Å². The number of fused-ring (bicyclic) bond motifs is 1. The minimum Gasteiger partial charge on any atom is -0.449 e. The Balaban J connectivity index is 1.66. The van der Waals surface area contributed by atoms with Crippen molar-refractivity contribution in [2.24, 2.45) is 0 Å². The van der Waals surface area contributed by atoms with E-state index < -0.39 is 18.0 Å². The number of ether oxygens (including phenoxy) is 1. The van der Waals surface area contributed by atoms with Crippen LogP contribution in [0.1, 0.15) is 17.3 Å². The molecule has 0 saturated heterocycles. The van der Waals surface area contributed by atoms with Crippen LogP contribution in [0.5, 0.6) is 0 Å². The van der Waals surface area contributed by atoms with Gasteiger partial charge in [0.1, 0.15) is 0 Å². The van der Waals surface area contributed by atoms with Crippen LogP contribution in [0.25, 0.3) is 0 Å². The van der Waals surface area contributed by atoms with E-state index in [-0.39, 0.29) is 16.5 Å². The van der Waals surface area contributed by atoms with Crippen LogP contribution in [-0.2, 0) is 14.3 Å². The number of nitrogens with one attached hydrogen (secondary N) is 2. The van der Waals surface area contributed by atoms with E-state index in [1.54, 1.807) is 30.3 Å². The van der Waals surface area contributed by atoms with Gasteiger partial charge in [0.25, 0.3) is 5.91 Å². The fourth-order valence-electron chi connectivity index (χ4n) is 2.33. The molecular weight excluding hydrogens is 411 g/mol. The van der Waals surface area contributed by atoms with Crippen LogP contribution in [0, 0.1) is 0 Å². The Kier molecular flexibility index (Phi) is 5.94. The number of benzene rings is 2. The molecule has 0 bridgehead atoms. The van der Waals surface area contributed by atoms with E-state index in [0.29, 0.717) is 22.2 Å². The summed E-state index contributed by atoms with van der Waals surface area (Å²) >= 11 is 13.3. The van der Waals surface area contributed by atoms with Gasteiger partial charge in [0.15, 0.2) is 6.10 Å². The van der Waals surface area contributed by atoms with Crippen molar-refractivity contribution in [1.29, 1.82) is 0 Å². The van der Waals surface area contributed by atoms with E-state index in [0.717, 1.165) is 4.90 Å². The van der Waals surface area contributed by atoms with Gasteiger partial charge in [0.2, 0.25) is 5.91 Å². The average molecular weight is 425 g/mol. The van der Waals surface area contributed by atoms with E-state index in [9.17, 15) is 14.4 Å². The third kappa shape index (κ3) is 4.55. The van der Waals surface area contributed by atoms with Crippen molar-refractivity contribution >= 4 is 64.1 Å². The second-order valence-electron chi connectivity index (χ2n) is 5.69. The van der Waals surface area contributed by atoms with Gasteiger partial charge in [0, 0.05) is 4.90 Å². The van der Waals surface area contributed by atoms with Crippen molar-refractivity contribution in [3.63, 3.8) is 0 Å². The lowest BCUT2D eigenvalue weighted by atomic mass is 10.2. The zero-order valence-electron chi connectivity index (χ0n) is 14.0. The summed E-state index contributed by atoms with van der Waals surface area (Å²) in [4.78, 5) is 36.9. The van der Waals surface area contributed by atoms with Gasteiger partial charge in [-0.05, 0) is 37.3 Å². The van der Waals surface area contributed by atoms with E-state index in [1.807, 2.05) is 0 Å². The van der Waals surface area contributed by atoms with Crippen molar-refractivity contribution in [2.75, 3.05) is 16.4 Å². The minimum atomic E-state index is -1.06. The number of hydrogen-bond acceptors (Lipinski definition) is 5. The number of amides is 2. The van der Waals surface area contributed by atoms with E-state index in [1.165, 1.54) is 24.8 Å². The van der Waals surface area contributed by atoms with Gasteiger partial charge >= 0.3 is 5.97 Å². The van der Waals surface area contributed by atoms with Crippen LogP contribution in [0.2, 0.25) is 10.0 Å². The first-order valence-electron chi connectivity index (χ1n) is 7.87. The van der Waals surface area contributed by atoms with Crippen LogP contribution < -0.4 is 10.6 Å². The van der Waals surface area contributed by atoms with Crippen molar-refractivity contribution in [3.8, 4) is 0 Å². The summed E-state index contributed by atoms with van der Waals surface area (Å²) in [6, 6.07) is 9.66. The highest BCUT2D eigenvalue weighted by Gasteiger charge is 2.22. The fourth-order valence-corrected chi connectivity index (χ4v) is 3.46. The maximum Gasteiger partial charge on any atom is 0.338 e. The topological polar surface area (TPSA) is 84.5 Å². The molecule has 1 atom stereocenters. The summed E-state index contributed by atoms with van der Waals surface area (Å²) in [7, 11) is 0. The number of esters is 1. The molecule has 2 aromatic rings. The van der Waals surface area contributed by atoms with Crippen molar-refractivity contribution in [3.05, 3.63) is 52.0 Å². The molecule has 1 aliphatic rings. The summed E-state index contributed by atoms with van der Waals surface area (Å²) in [5.41, 5.74) is 1.11. The van der Waals surface area contributed by atoms with Crippen LogP contribution in [-0.4, -0.2) is 29.6 Å². The Labute approximate surface area is 169 Å². The number of anilines is 2. The maximum atomic E-state index is 12.3. The number of halogens is 2. The first-order valence-corrected chi connectivity index (χ1v) is 9.62. The quantitative estimate of drug-likeness (QED) is 0.717. The molecule has 27 heavy (non-hydrogen) atoms. The van der Waals surface area contributed by atoms with Crippen LogP contribution >= 0.6 is 35.0 Å². The predicted molar refractivity (Wildman–Crippen MR) is 106 cm³/mol. The normalized spacial score (nSPS) is 14.0. The van der Waals surface area contributed by atoms with Crippen molar-refractivity contribution in [1.82, 2.24) is 0 Å². The summed E-state index contributed by atoms with van der Waals surface area (Å²) in [6.45, 7) is 1.45. The molecule has 1 heterocycles. The zero-order chi connectivity index (χ0) is 19.6. The lowest BCUT2D eigenvalue weighted by molar-refractivity contribution is -0.123. The Morgan fingerprint density at radius 1 is 1.26 bits per heavy atom. The molecule has 2 N–H and O–H groups in total. The maximum absolute atomic E-state index is 12.3. The molecule has 1 aliphatic heterocycles. The number of carbonyl (C=O) groups is 3. The second-order valence-corrected chi connectivity index (χ2v) is 7.49. The highest BCUT2D eigenvalue weighted by Crippen LogP contribution is 2.32. The summed E-state index contributed by atoms with van der Waals surface area (Å²) in [6.07, 6.45) is -1.06. The summed E-state index contributed by atoms with van der Waals surface area (Å²) < 4.78 is 5.21. The number of carbonyl (C=O) groups excluding carboxylic acids is 3.